The summed E-state index contributed by atoms with van der Waals surface area (Å²) in [5.41, 5.74) is 13.6. The second-order valence-electron chi connectivity index (χ2n) is 15.3. The average Bonchev–Trinajstić information content (AvgIpc) is 3.77. The molecule has 3 heteroatoms. The molecule has 5 aliphatic rings. The monoisotopic (exact) mass is 695 g/mol. The van der Waals surface area contributed by atoms with Crippen molar-refractivity contribution in [2.75, 3.05) is 4.90 Å². The zero-order valence-electron chi connectivity index (χ0n) is 29.9. The predicted octanol–water partition coefficient (Wildman–Crippen LogP) is 13.1. The van der Waals surface area contributed by atoms with Crippen LogP contribution in [0.4, 0.5) is 5.69 Å². The molecule has 0 amide bonds. The van der Waals surface area contributed by atoms with Crippen molar-refractivity contribution < 1.29 is 4.42 Å². The molecule has 2 nitrogen and oxygen atoms in total. The molecule has 3 aromatic carbocycles. The Bertz CT molecular complexity index is 2340. The van der Waals surface area contributed by atoms with Crippen LogP contribution in [0, 0.1) is 11.8 Å². The molecule has 0 saturated heterocycles. The number of hydrogen-bond donors (Lipinski definition) is 0. The first-order valence-corrected chi connectivity index (χ1v) is 20.2. The van der Waals surface area contributed by atoms with Crippen LogP contribution in [0.1, 0.15) is 82.7 Å². The summed E-state index contributed by atoms with van der Waals surface area (Å²) in [5.74, 6) is 2.33. The van der Waals surface area contributed by atoms with Gasteiger partial charge in [0.15, 0.2) is 0 Å². The summed E-state index contributed by atoms with van der Waals surface area (Å²) in [6.45, 7) is 2.43. The molecule has 0 aliphatic heterocycles. The van der Waals surface area contributed by atoms with Crippen LogP contribution in [0.15, 0.2) is 131 Å². The van der Waals surface area contributed by atoms with Crippen molar-refractivity contribution >= 4 is 46.2 Å². The van der Waals surface area contributed by atoms with Gasteiger partial charge in [0.2, 0.25) is 0 Å². The first kappa shape index (κ1) is 31.8. The first-order valence-electron chi connectivity index (χ1n) is 19.4. The van der Waals surface area contributed by atoms with Crippen molar-refractivity contribution in [3.8, 4) is 11.1 Å². The number of furan rings is 1. The number of anilines is 1. The summed E-state index contributed by atoms with van der Waals surface area (Å²) in [6.07, 6.45) is 33.2. The van der Waals surface area contributed by atoms with Gasteiger partial charge in [-0.3, -0.25) is 0 Å². The van der Waals surface area contributed by atoms with Gasteiger partial charge < -0.3 is 9.32 Å². The molecular formula is C49H45NOS. The molecule has 2 aromatic heterocycles. The van der Waals surface area contributed by atoms with Crippen LogP contribution in [-0.4, -0.2) is 6.04 Å². The van der Waals surface area contributed by atoms with E-state index in [9.17, 15) is 0 Å². The van der Waals surface area contributed by atoms with E-state index in [0.29, 0.717) is 17.8 Å². The normalized spacial score (nSPS) is 23.2. The summed E-state index contributed by atoms with van der Waals surface area (Å²) in [4.78, 5) is 5.71. The smallest absolute Gasteiger partial charge is 0.135 e. The number of aryl methyl sites for hydroxylation is 2. The molecule has 0 bridgehead atoms. The highest BCUT2D eigenvalue weighted by Crippen LogP contribution is 2.44. The molecule has 4 unspecified atom stereocenters. The minimum atomic E-state index is 0.288. The minimum absolute atomic E-state index is 0.288. The quantitative estimate of drug-likeness (QED) is 0.164. The second-order valence-corrected chi connectivity index (χ2v) is 16.5. The SMILES string of the molecule is CC1C=C(N(c2ccc(-c3ccccc3)cc2)C2C=CC(c3ccc4oc5c(c4c3)CCC=C5)CC2)C=CC1C1=Cc2c(sc3c2CCC=C3)CC1. The highest BCUT2D eigenvalue weighted by atomic mass is 32.1. The number of allylic oxidation sites excluding steroid dienone is 7. The van der Waals surface area contributed by atoms with Gasteiger partial charge in [-0.05, 0) is 128 Å². The van der Waals surface area contributed by atoms with E-state index in [0.717, 1.165) is 37.0 Å². The van der Waals surface area contributed by atoms with Gasteiger partial charge in [0.05, 0.1) is 6.04 Å². The number of benzene rings is 3. The van der Waals surface area contributed by atoms with E-state index in [2.05, 4.69) is 145 Å². The Morgan fingerprint density at radius 1 is 0.750 bits per heavy atom. The van der Waals surface area contributed by atoms with Gasteiger partial charge in [0.25, 0.3) is 0 Å². The molecule has 258 valence electrons. The Morgan fingerprint density at radius 2 is 1.58 bits per heavy atom. The fourth-order valence-electron chi connectivity index (χ4n) is 9.42. The lowest BCUT2D eigenvalue weighted by Crippen LogP contribution is -2.36. The lowest BCUT2D eigenvalue weighted by molar-refractivity contribution is 0.541. The molecular weight excluding hydrogens is 651 g/mol. The van der Waals surface area contributed by atoms with Gasteiger partial charge in [-0.1, -0.05) is 104 Å². The van der Waals surface area contributed by atoms with Crippen LogP contribution in [0.2, 0.25) is 0 Å². The lowest BCUT2D eigenvalue weighted by atomic mass is 9.78. The first-order chi connectivity index (χ1) is 25.7. The molecule has 5 aliphatic carbocycles. The second kappa shape index (κ2) is 13.3. The Kier molecular flexibility index (Phi) is 8.13. The Balaban J connectivity index is 0.952. The maximum Gasteiger partial charge on any atom is 0.135 e. The summed E-state index contributed by atoms with van der Waals surface area (Å²) in [5, 5.41) is 1.30. The van der Waals surface area contributed by atoms with Crippen molar-refractivity contribution in [3.63, 3.8) is 0 Å². The fourth-order valence-corrected chi connectivity index (χ4v) is 10.7. The van der Waals surface area contributed by atoms with Crippen LogP contribution in [0.25, 0.3) is 40.3 Å². The Morgan fingerprint density at radius 3 is 2.40 bits per heavy atom. The third-order valence-electron chi connectivity index (χ3n) is 12.2. The summed E-state index contributed by atoms with van der Waals surface area (Å²) in [7, 11) is 0. The van der Waals surface area contributed by atoms with Gasteiger partial charge in [-0.15, -0.1) is 11.3 Å². The maximum atomic E-state index is 6.19. The fraction of sp³-hybridized carbons (Fsp3) is 0.265. The summed E-state index contributed by atoms with van der Waals surface area (Å²) in [6, 6.07) is 27.2. The van der Waals surface area contributed by atoms with Crippen LogP contribution < -0.4 is 4.90 Å². The molecule has 4 atom stereocenters. The average molecular weight is 696 g/mol. The minimum Gasteiger partial charge on any atom is -0.456 e. The van der Waals surface area contributed by atoms with Crippen LogP contribution in [0.3, 0.4) is 0 Å². The third kappa shape index (κ3) is 5.71. The number of thiophene rings is 1. The van der Waals surface area contributed by atoms with Gasteiger partial charge in [0.1, 0.15) is 11.3 Å². The van der Waals surface area contributed by atoms with Crippen molar-refractivity contribution in [2.24, 2.45) is 11.8 Å². The number of rotatable bonds is 6. The number of nitrogens with zero attached hydrogens (tertiary/aromatic N) is 1. The van der Waals surface area contributed by atoms with Crippen LogP contribution >= 0.6 is 11.3 Å². The molecule has 0 radical (unpaired) electrons. The molecule has 52 heavy (non-hydrogen) atoms. The zero-order valence-corrected chi connectivity index (χ0v) is 30.7. The number of fused-ring (bicyclic) bond motifs is 6. The van der Waals surface area contributed by atoms with Crippen LogP contribution in [0.5, 0.6) is 0 Å². The predicted molar refractivity (Wildman–Crippen MR) is 221 cm³/mol. The zero-order chi connectivity index (χ0) is 34.6. The van der Waals surface area contributed by atoms with Gasteiger partial charge >= 0.3 is 0 Å². The topological polar surface area (TPSA) is 16.4 Å². The highest BCUT2D eigenvalue weighted by molar-refractivity contribution is 7.13. The summed E-state index contributed by atoms with van der Waals surface area (Å²) >= 11 is 2.03. The van der Waals surface area contributed by atoms with E-state index in [1.807, 2.05) is 11.3 Å². The molecule has 0 spiro atoms. The molecule has 0 fully saturated rings. The Labute approximate surface area is 311 Å². The van der Waals surface area contributed by atoms with Gasteiger partial charge in [0, 0.05) is 43.9 Å². The van der Waals surface area contributed by atoms with Gasteiger partial charge in [-0.2, -0.15) is 0 Å². The van der Waals surface area contributed by atoms with E-state index < -0.39 is 0 Å². The molecule has 2 heterocycles. The Hall–Kier alpha value is -4.86. The molecule has 5 aromatic rings. The standard InChI is InChI=1S/C49H45NOS/c1-32-29-40(25-26-41(32)37-20-28-49-45(31-37)43-12-6-8-14-48(43)52-49)50(38-21-15-34(16-22-38)33-9-3-2-4-10-33)39-23-17-35(18-24-39)36-19-27-47-44(30-36)42-11-5-7-13-46(42)51-47/h2-4,7-10,13-17,19,21-23,25-27,29-32,35,39,41H,5-6,11-12,18,20,24,28H2,1H3. The lowest BCUT2D eigenvalue weighted by Gasteiger charge is -2.38. The van der Waals surface area contributed by atoms with Crippen LogP contribution in [-0.2, 0) is 19.3 Å². The highest BCUT2D eigenvalue weighted by Gasteiger charge is 2.30. The van der Waals surface area contributed by atoms with E-state index in [1.54, 1.807) is 21.6 Å². The third-order valence-corrected chi connectivity index (χ3v) is 13.4. The van der Waals surface area contributed by atoms with Crippen molar-refractivity contribution in [1.82, 2.24) is 0 Å². The number of hydrogen-bond acceptors (Lipinski definition) is 3. The van der Waals surface area contributed by atoms with E-state index in [1.165, 1.54) is 69.6 Å². The largest absolute Gasteiger partial charge is 0.456 e. The van der Waals surface area contributed by atoms with Gasteiger partial charge in [-0.25, -0.2) is 0 Å². The molecule has 0 saturated carbocycles. The van der Waals surface area contributed by atoms with E-state index >= 15 is 0 Å². The van der Waals surface area contributed by atoms with E-state index in [4.69, 9.17) is 4.42 Å². The van der Waals surface area contributed by atoms with Crippen molar-refractivity contribution in [3.05, 3.63) is 164 Å². The maximum absolute atomic E-state index is 6.19. The van der Waals surface area contributed by atoms with Crippen molar-refractivity contribution in [2.45, 2.75) is 70.3 Å². The summed E-state index contributed by atoms with van der Waals surface area (Å²) < 4.78 is 6.19. The molecule has 10 rings (SSSR count). The molecule has 0 N–H and O–H groups in total. The van der Waals surface area contributed by atoms with E-state index in [-0.39, 0.29) is 6.04 Å². The van der Waals surface area contributed by atoms with Crippen molar-refractivity contribution in [1.29, 1.82) is 0 Å².